The van der Waals surface area contributed by atoms with Crippen LogP contribution in [0.15, 0.2) is 23.3 Å². The summed E-state index contributed by atoms with van der Waals surface area (Å²) >= 11 is 0. The van der Waals surface area contributed by atoms with Gasteiger partial charge in [0.1, 0.15) is 0 Å². The third-order valence-corrected chi connectivity index (χ3v) is 3.50. The molecule has 0 aromatic carbocycles. The zero-order valence-corrected chi connectivity index (χ0v) is 8.14. The first kappa shape index (κ1) is 8.10. The largest absolute Gasteiger partial charge is 0.0842 e. The molecule has 0 aliphatic heterocycles. The van der Waals surface area contributed by atoms with Gasteiger partial charge in [0.05, 0.1) is 0 Å². The van der Waals surface area contributed by atoms with E-state index >= 15 is 0 Å². The van der Waals surface area contributed by atoms with Crippen molar-refractivity contribution in [2.45, 2.75) is 39.5 Å². The second-order valence-corrected chi connectivity index (χ2v) is 4.34. The lowest BCUT2D eigenvalue weighted by Crippen LogP contribution is -2.08. The van der Waals surface area contributed by atoms with Gasteiger partial charge in [-0.3, -0.25) is 0 Å². The first-order valence-corrected chi connectivity index (χ1v) is 5.15. The van der Waals surface area contributed by atoms with Crippen molar-refractivity contribution in [3.63, 3.8) is 0 Å². The molecule has 0 nitrogen and oxygen atoms in total. The SMILES string of the molecule is CC1=C2C=CCC[C@H](C)[C@H]2CC1. The third-order valence-electron chi connectivity index (χ3n) is 3.50. The molecule has 0 saturated carbocycles. The summed E-state index contributed by atoms with van der Waals surface area (Å²) in [6.45, 7) is 4.72. The summed E-state index contributed by atoms with van der Waals surface area (Å²) in [6, 6.07) is 0. The van der Waals surface area contributed by atoms with Crippen LogP contribution in [-0.2, 0) is 0 Å². The van der Waals surface area contributed by atoms with Gasteiger partial charge in [0.25, 0.3) is 0 Å². The highest BCUT2D eigenvalue weighted by molar-refractivity contribution is 5.32. The normalized spacial score (nSPS) is 35.2. The van der Waals surface area contributed by atoms with Crippen LogP contribution in [0, 0.1) is 11.8 Å². The van der Waals surface area contributed by atoms with Gasteiger partial charge in [-0.1, -0.05) is 24.6 Å². The molecule has 66 valence electrons. The molecule has 2 aliphatic carbocycles. The quantitative estimate of drug-likeness (QED) is 0.509. The van der Waals surface area contributed by atoms with Gasteiger partial charge in [-0.2, -0.15) is 0 Å². The van der Waals surface area contributed by atoms with E-state index in [-0.39, 0.29) is 0 Å². The van der Waals surface area contributed by atoms with Crippen molar-refractivity contribution in [3.8, 4) is 0 Å². The maximum Gasteiger partial charge on any atom is -0.0134 e. The number of rotatable bonds is 0. The van der Waals surface area contributed by atoms with Gasteiger partial charge >= 0.3 is 0 Å². The molecule has 0 aromatic heterocycles. The Balaban J connectivity index is 2.30. The maximum atomic E-state index is 2.41. The van der Waals surface area contributed by atoms with Gasteiger partial charge in [-0.25, -0.2) is 0 Å². The molecule has 0 saturated heterocycles. The molecular formula is C12H18. The average Bonchev–Trinajstić information content (AvgIpc) is 2.30. The summed E-state index contributed by atoms with van der Waals surface area (Å²) in [5, 5.41) is 0. The van der Waals surface area contributed by atoms with E-state index in [0.717, 1.165) is 11.8 Å². The molecule has 2 rings (SSSR count). The first-order valence-electron chi connectivity index (χ1n) is 5.15. The van der Waals surface area contributed by atoms with Gasteiger partial charge in [0.2, 0.25) is 0 Å². The molecule has 0 heterocycles. The van der Waals surface area contributed by atoms with Crippen LogP contribution in [0.3, 0.4) is 0 Å². The lowest BCUT2D eigenvalue weighted by Gasteiger charge is -2.18. The van der Waals surface area contributed by atoms with Gasteiger partial charge in [-0.05, 0) is 50.0 Å². The molecule has 0 amide bonds. The molecule has 12 heavy (non-hydrogen) atoms. The standard InChI is InChI=1S/C12H18/c1-9-5-3-4-6-11-10(2)7-8-12(9)11/h4,6,9,12H,3,5,7-8H2,1-2H3/t9-,12+/m0/s1. The Morgan fingerprint density at radius 2 is 2.17 bits per heavy atom. The van der Waals surface area contributed by atoms with Crippen molar-refractivity contribution < 1.29 is 0 Å². The van der Waals surface area contributed by atoms with E-state index in [0.29, 0.717) is 0 Å². The summed E-state index contributed by atoms with van der Waals surface area (Å²) in [4.78, 5) is 0. The molecular weight excluding hydrogens is 144 g/mol. The van der Waals surface area contributed by atoms with Crippen LogP contribution in [0.4, 0.5) is 0 Å². The van der Waals surface area contributed by atoms with Crippen molar-refractivity contribution >= 4 is 0 Å². The molecule has 0 unspecified atom stereocenters. The van der Waals surface area contributed by atoms with E-state index in [2.05, 4.69) is 26.0 Å². The fraction of sp³-hybridized carbons (Fsp3) is 0.667. The summed E-state index contributed by atoms with van der Waals surface area (Å²) in [7, 11) is 0. The second kappa shape index (κ2) is 3.08. The van der Waals surface area contributed by atoms with Gasteiger partial charge < -0.3 is 0 Å². The van der Waals surface area contributed by atoms with Crippen molar-refractivity contribution in [3.05, 3.63) is 23.3 Å². The Labute approximate surface area is 75.4 Å². The van der Waals surface area contributed by atoms with Crippen LogP contribution in [0.5, 0.6) is 0 Å². The van der Waals surface area contributed by atoms with E-state index in [1.54, 1.807) is 11.1 Å². The van der Waals surface area contributed by atoms with Gasteiger partial charge in [-0.15, -0.1) is 0 Å². The van der Waals surface area contributed by atoms with Crippen molar-refractivity contribution in [1.29, 1.82) is 0 Å². The fourth-order valence-corrected chi connectivity index (χ4v) is 2.62. The van der Waals surface area contributed by atoms with Crippen molar-refractivity contribution in [2.75, 3.05) is 0 Å². The smallest absolute Gasteiger partial charge is 0.0134 e. The highest BCUT2D eigenvalue weighted by Crippen LogP contribution is 2.40. The molecule has 0 N–H and O–H groups in total. The Morgan fingerprint density at radius 1 is 1.33 bits per heavy atom. The average molecular weight is 162 g/mol. The van der Waals surface area contributed by atoms with Crippen LogP contribution in [-0.4, -0.2) is 0 Å². The minimum Gasteiger partial charge on any atom is -0.0842 e. The minimum absolute atomic E-state index is 0.892. The van der Waals surface area contributed by atoms with Crippen LogP contribution in [0.1, 0.15) is 39.5 Å². The predicted molar refractivity (Wildman–Crippen MR) is 53.0 cm³/mol. The van der Waals surface area contributed by atoms with Crippen LogP contribution in [0.25, 0.3) is 0 Å². The fourth-order valence-electron chi connectivity index (χ4n) is 2.62. The Bertz CT molecular complexity index is 232. The monoisotopic (exact) mass is 162 g/mol. The Hall–Kier alpha value is -0.520. The number of allylic oxidation sites excluding steroid dienone is 4. The molecule has 0 radical (unpaired) electrons. The van der Waals surface area contributed by atoms with Crippen LogP contribution >= 0.6 is 0 Å². The maximum absolute atomic E-state index is 2.41. The second-order valence-electron chi connectivity index (χ2n) is 4.34. The molecule has 0 bridgehead atoms. The number of hydrogen-bond acceptors (Lipinski definition) is 0. The van der Waals surface area contributed by atoms with Crippen molar-refractivity contribution in [1.82, 2.24) is 0 Å². The zero-order valence-electron chi connectivity index (χ0n) is 8.14. The third kappa shape index (κ3) is 1.24. The topological polar surface area (TPSA) is 0 Å². The Morgan fingerprint density at radius 3 is 3.00 bits per heavy atom. The first-order chi connectivity index (χ1) is 5.79. The summed E-state index contributed by atoms with van der Waals surface area (Å²) in [5.74, 6) is 1.80. The lowest BCUT2D eigenvalue weighted by atomic mass is 9.87. The van der Waals surface area contributed by atoms with Gasteiger partial charge in [0, 0.05) is 0 Å². The molecule has 0 fully saturated rings. The Kier molecular flexibility index (Phi) is 2.08. The van der Waals surface area contributed by atoms with E-state index < -0.39 is 0 Å². The molecule has 0 aromatic rings. The highest BCUT2D eigenvalue weighted by atomic mass is 14.3. The number of fused-ring (bicyclic) bond motifs is 1. The lowest BCUT2D eigenvalue weighted by molar-refractivity contribution is 0.394. The molecule has 2 aliphatic rings. The number of hydrogen-bond donors (Lipinski definition) is 0. The minimum atomic E-state index is 0.892. The summed E-state index contributed by atoms with van der Waals surface area (Å²) in [5.41, 5.74) is 3.31. The predicted octanol–water partition coefficient (Wildman–Crippen LogP) is 3.70. The van der Waals surface area contributed by atoms with E-state index in [9.17, 15) is 0 Å². The van der Waals surface area contributed by atoms with Gasteiger partial charge in [0.15, 0.2) is 0 Å². The van der Waals surface area contributed by atoms with E-state index in [1.165, 1.54) is 25.7 Å². The van der Waals surface area contributed by atoms with Crippen LogP contribution < -0.4 is 0 Å². The van der Waals surface area contributed by atoms with E-state index in [4.69, 9.17) is 0 Å². The summed E-state index contributed by atoms with van der Waals surface area (Å²) < 4.78 is 0. The molecule has 0 heteroatoms. The van der Waals surface area contributed by atoms with Crippen LogP contribution in [0.2, 0.25) is 0 Å². The molecule has 2 atom stereocenters. The van der Waals surface area contributed by atoms with E-state index in [1.807, 2.05) is 0 Å². The zero-order chi connectivity index (χ0) is 8.55. The molecule has 0 spiro atoms. The van der Waals surface area contributed by atoms with Crippen molar-refractivity contribution in [2.24, 2.45) is 11.8 Å². The highest BCUT2D eigenvalue weighted by Gasteiger charge is 2.27. The summed E-state index contributed by atoms with van der Waals surface area (Å²) in [6.07, 6.45) is 10.2.